The number of nitrogens with two attached hydrogens (primary N) is 2. The molecule has 10 heteroatoms. The molecule has 0 spiro atoms. The number of rotatable bonds is 4. The van der Waals surface area contributed by atoms with Crippen molar-refractivity contribution in [3.05, 3.63) is 22.9 Å². The van der Waals surface area contributed by atoms with Crippen molar-refractivity contribution < 1.29 is 31.5 Å². The zero-order valence-corrected chi connectivity index (χ0v) is 9.17. The van der Waals surface area contributed by atoms with Crippen LogP contribution in [0.5, 0.6) is 5.88 Å². The molecule has 1 amide bonds. The van der Waals surface area contributed by atoms with Crippen LogP contribution in [-0.2, 0) is 6.54 Å². The standard InChI is InChI=1S/C9H8F5N3O2/c10-7(11)3-1-5(19-9(12,13)14)17-4(2-15)6(3)8(16)18/h1,7H,2,15H2,(H2,16,18). The van der Waals surface area contributed by atoms with Gasteiger partial charge in [0.1, 0.15) is 0 Å². The van der Waals surface area contributed by atoms with Crippen LogP contribution in [0.2, 0.25) is 0 Å². The summed E-state index contributed by atoms with van der Waals surface area (Å²) >= 11 is 0. The highest BCUT2D eigenvalue weighted by atomic mass is 19.4. The number of ether oxygens (including phenoxy) is 1. The zero-order chi connectivity index (χ0) is 14.8. The van der Waals surface area contributed by atoms with Crippen molar-refractivity contribution in [2.45, 2.75) is 19.3 Å². The Kier molecular flexibility index (Phi) is 4.24. The number of amides is 1. The van der Waals surface area contributed by atoms with Gasteiger partial charge in [0.25, 0.3) is 12.3 Å². The van der Waals surface area contributed by atoms with Gasteiger partial charge in [0.05, 0.1) is 11.3 Å². The van der Waals surface area contributed by atoms with E-state index in [1.165, 1.54) is 0 Å². The molecule has 4 N–H and O–H groups in total. The molecule has 0 bridgehead atoms. The largest absolute Gasteiger partial charge is 0.574 e. The first-order chi connectivity index (χ1) is 8.65. The maximum atomic E-state index is 12.7. The van der Waals surface area contributed by atoms with Gasteiger partial charge >= 0.3 is 6.36 Å². The lowest BCUT2D eigenvalue weighted by Crippen LogP contribution is -2.23. The predicted octanol–water partition coefficient (Wildman–Crippen LogP) is 1.48. The third-order valence-electron chi connectivity index (χ3n) is 2.00. The van der Waals surface area contributed by atoms with E-state index in [-0.39, 0.29) is 0 Å². The van der Waals surface area contributed by atoms with Gasteiger partial charge in [-0.25, -0.2) is 13.8 Å². The summed E-state index contributed by atoms with van der Waals surface area (Å²) in [6, 6.07) is 0.303. The van der Waals surface area contributed by atoms with Crippen LogP contribution in [0.3, 0.4) is 0 Å². The average Bonchev–Trinajstić information content (AvgIpc) is 2.24. The molecular formula is C9H8F5N3O2. The van der Waals surface area contributed by atoms with Crippen LogP contribution in [0.15, 0.2) is 6.07 Å². The Bertz CT molecular complexity index is 489. The molecular weight excluding hydrogens is 277 g/mol. The van der Waals surface area contributed by atoms with Crippen molar-refractivity contribution >= 4 is 5.91 Å². The first kappa shape index (κ1) is 15.1. The third kappa shape index (κ3) is 3.74. The molecule has 0 radical (unpaired) electrons. The van der Waals surface area contributed by atoms with Gasteiger partial charge in [-0.3, -0.25) is 4.79 Å². The Labute approximate surface area is 103 Å². The summed E-state index contributed by atoms with van der Waals surface area (Å²) in [6.07, 6.45) is -8.33. The second-order valence-corrected chi connectivity index (χ2v) is 3.29. The monoisotopic (exact) mass is 285 g/mol. The van der Waals surface area contributed by atoms with Gasteiger partial charge < -0.3 is 16.2 Å². The Morgan fingerprint density at radius 2 is 2.00 bits per heavy atom. The summed E-state index contributed by atoms with van der Waals surface area (Å²) in [7, 11) is 0. The fourth-order valence-electron chi connectivity index (χ4n) is 1.37. The number of aromatic nitrogens is 1. The molecule has 0 fully saturated rings. The Balaban J connectivity index is 3.40. The number of hydrogen-bond acceptors (Lipinski definition) is 4. The van der Waals surface area contributed by atoms with Crippen molar-refractivity contribution in [2.75, 3.05) is 0 Å². The van der Waals surface area contributed by atoms with Crippen LogP contribution in [-0.4, -0.2) is 17.3 Å². The summed E-state index contributed by atoms with van der Waals surface area (Å²) in [6.45, 7) is -0.549. The number of hydrogen-bond donors (Lipinski definition) is 2. The van der Waals surface area contributed by atoms with Gasteiger partial charge in [0.2, 0.25) is 5.88 Å². The molecule has 19 heavy (non-hydrogen) atoms. The first-order valence-corrected chi connectivity index (χ1v) is 4.73. The Morgan fingerprint density at radius 3 is 2.37 bits per heavy atom. The average molecular weight is 285 g/mol. The van der Waals surface area contributed by atoms with E-state index in [4.69, 9.17) is 11.5 Å². The van der Waals surface area contributed by atoms with E-state index in [0.717, 1.165) is 0 Å². The zero-order valence-electron chi connectivity index (χ0n) is 9.17. The summed E-state index contributed by atoms with van der Waals surface area (Å²) < 4.78 is 64.8. The van der Waals surface area contributed by atoms with E-state index >= 15 is 0 Å². The number of carbonyl (C=O) groups is 1. The number of nitrogens with zero attached hydrogens (tertiary/aromatic N) is 1. The number of halogens is 5. The van der Waals surface area contributed by atoms with E-state index in [1.807, 2.05) is 0 Å². The first-order valence-electron chi connectivity index (χ1n) is 4.73. The minimum Gasteiger partial charge on any atom is -0.388 e. The smallest absolute Gasteiger partial charge is 0.388 e. The van der Waals surface area contributed by atoms with Crippen molar-refractivity contribution in [1.82, 2.24) is 4.98 Å². The highest BCUT2D eigenvalue weighted by molar-refractivity contribution is 5.95. The highest BCUT2D eigenvalue weighted by Gasteiger charge is 2.33. The molecule has 5 nitrogen and oxygen atoms in total. The second kappa shape index (κ2) is 5.34. The molecule has 0 saturated heterocycles. The van der Waals surface area contributed by atoms with Crippen LogP contribution in [0.4, 0.5) is 22.0 Å². The van der Waals surface area contributed by atoms with E-state index in [2.05, 4.69) is 9.72 Å². The lowest BCUT2D eigenvalue weighted by Gasteiger charge is -2.14. The molecule has 106 valence electrons. The van der Waals surface area contributed by atoms with Crippen molar-refractivity contribution in [3.8, 4) is 5.88 Å². The second-order valence-electron chi connectivity index (χ2n) is 3.29. The molecule has 1 aromatic heterocycles. The normalized spacial score (nSPS) is 11.7. The molecule has 1 rings (SSSR count). The molecule has 0 aliphatic rings. The minimum absolute atomic E-state index is 0.303. The lowest BCUT2D eigenvalue weighted by atomic mass is 10.1. The SMILES string of the molecule is NCc1nc(OC(F)(F)F)cc(C(F)F)c1C(N)=O. The minimum atomic E-state index is -5.10. The molecule has 1 aromatic rings. The topological polar surface area (TPSA) is 91.2 Å². The molecule has 0 aliphatic heterocycles. The van der Waals surface area contributed by atoms with Gasteiger partial charge in [-0.15, -0.1) is 13.2 Å². The quantitative estimate of drug-likeness (QED) is 0.819. The van der Waals surface area contributed by atoms with Gasteiger partial charge in [-0.05, 0) is 0 Å². The van der Waals surface area contributed by atoms with Crippen molar-refractivity contribution in [2.24, 2.45) is 11.5 Å². The van der Waals surface area contributed by atoms with Gasteiger partial charge in [-0.1, -0.05) is 0 Å². The summed E-state index contributed by atoms with van der Waals surface area (Å²) in [4.78, 5) is 14.3. The predicted molar refractivity (Wildman–Crippen MR) is 52.3 cm³/mol. The molecule has 0 unspecified atom stereocenters. The maximum Gasteiger partial charge on any atom is 0.574 e. The van der Waals surface area contributed by atoms with Gasteiger partial charge in [0.15, 0.2) is 0 Å². The lowest BCUT2D eigenvalue weighted by molar-refractivity contribution is -0.276. The molecule has 0 aliphatic carbocycles. The summed E-state index contributed by atoms with van der Waals surface area (Å²) in [5, 5.41) is 0. The van der Waals surface area contributed by atoms with E-state index in [9.17, 15) is 26.7 Å². The van der Waals surface area contributed by atoms with Gasteiger partial charge in [-0.2, -0.15) is 0 Å². The van der Waals surface area contributed by atoms with Gasteiger partial charge in [0, 0.05) is 18.2 Å². The molecule has 0 saturated carbocycles. The van der Waals surface area contributed by atoms with Crippen LogP contribution in [0.1, 0.15) is 28.0 Å². The number of carbonyl (C=O) groups excluding carboxylic acids is 1. The molecule has 1 heterocycles. The fourth-order valence-corrected chi connectivity index (χ4v) is 1.37. The van der Waals surface area contributed by atoms with Crippen LogP contribution >= 0.6 is 0 Å². The van der Waals surface area contributed by atoms with E-state index in [1.54, 1.807) is 0 Å². The summed E-state index contributed by atoms with van der Waals surface area (Å²) in [5.74, 6) is -2.39. The molecule has 0 atom stereocenters. The summed E-state index contributed by atoms with van der Waals surface area (Å²) in [5.41, 5.74) is 7.80. The van der Waals surface area contributed by atoms with Crippen LogP contribution < -0.4 is 16.2 Å². The Hall–Kier alpha value is -1.97. The van der Waals surface area contributed by atoms with Crippen LogP contribution in [0, 0.1) is 0 Å². The maximum absolute atomic E-state index is 12.7. The number of pyridine rings is 1. The van der Waals surface area contributed by atoms with E-state index < -0.39 is 47.9 Å². The fraction of sp³-hybridized carbons (Fsp3) is 0.333. The Morgan fingerprint density at radius 1 is 1.42 bits per heavy atom. The number of primary amides is 1. The van der Waals surface area contributed by atoms with E-state index in [0.29, 0.717) is 6.07 Å². The van der Waals surface area contributed by atoms with Crippen molar-refractivity contribution in [1.29, 1.82) is 0 Å². The van der Waals surface area contributed by atoms with Crippen molar-refractivity contribution in [3.63, 3.8) is 0 Å². The molecule has 0 aromatic carbocycles. The number of alkyl halides is 5. The highest BCUT2D eigenvalue weighted by Crippen LogP contribution is 2.30. The van der Waals surface area contributed by atoms with Crippen LogP contribution in [0.25, 0.3) is 0 Å². The third-order valence-corrected chi connectivity index (χ3v) is 2.00.